The van der Waals surface area contributed by atoms with Gasteiger partial charge < -0.3 is 11.1 Å². The third-order valence-electron chi connectivity index (χ3n) is 2.36. The third-order valence-corrected chi connectivity index (χ3v) is 2.36. The summed E-state index contributed by atoms with van der Waals surface area (Å²) in [6, 6.07) is 7.34. The number of guanidine groups is 1. The molecule has 5 heteroatoms. The van der Waals surface area contributed by atoms with E-state index in [4.69, 9.17) is 5.73 Å². The van der Waals surface area contributed by atoms with Gasteiger partial charge in [0.15, 0.2) is 0 Å². The van der Waals surface area contributed by atoms with Crippen LogP contribution in [-0.4, -0.2) is 18.5 Å². The first kappa shape index (κ1) is 14.0. The smallest absolute Gasteiger partial charge is 0.318 e. The molecule has 1 rings (SSSR count). The maximum atomic E-state index is 10.9. The lowest BCUT2D eigenvalue weighted by Crippen LogP contribution is -2.39. The van der Waals surface area contributed by atoms with Crippen LogP contribution in [-0.2, 0) is 6.42 Å². The number of nitrogens with two attached hydrogens (primary N) is 1. The highest BCUT2D eigenvalue weighted by Crippen LogP contribution is 2.09. The molecule has 0 saturated heterocycles. The second-order valence-corrected chi connectivity index (χ2v) is 3.90. The quantitative estimate of drug-likeness (QED) is 0.563. The van der Waals surface area contributed by atoms with Crippen LogP contribution in [0.4, 0.5) is 10.5 Å². The Balaban J connectivity index is 2.71. The lowest BCUT2D eigenvalue weighted by molar-refractivity contribution is 0.253. The van der Waals surface area contributed by atoms with Gasteiger partial charge in [-0.05, 0) is 30.5 Å². The van der Waals surface area contributed by atoms with Crippen LogP contribution in [0.15, 0.2) is 29.3 Å². The van der Waals surface area contributed by atoms with Gasteiger partial charge in [0.1, 0.15) is 0 Å². The van der Waals surface area contributed by atoms with Crippen molar-refractivity contribution < 1.29 is 4.79 Å². The fourth-order valence-corrected chi connectivity index (χ4v) is 1.41. The topological polar surface area (TPSA) is 79.5 Å². The number of rotatable bonds is 4. The van der Waals surface area contributed by atoms with Crippen LogP contribution in [0.25, 0.3) is 0 Å². The molecule has 0 aromatic heterocycles. The minimum atomic E-state index is -0.623. The maximum Gasteiger partial charge on any atom is 0.318 e. The van der Waals surface area contributed by atoms with Crippen molar-refractivity contribution in [2.45, 2.75) is 26.7 Å². The van der Waals surface area contributed by atoms with E-state index in [1.165, 1.54) is 5.56 Å². The SMILES string of the molecule is CCCN=C(NC(N)=O)Nc1ccc(CC)cc1. The molecule has 98 valence electrons. The largest absolute Gasteiger partial charge is 0.351 e. The molecule has 0 unspecified atom stereocenters. The molecule has 0 heterocycles. The lowest BCUT2D eigenvalue weighted by Gasteiger charge is -2.10. The summed E-state index contributed by atoms with van der Waals surface area (Å²) in [6.45, 7) is 4.75. The summed E-state index contributed by atoms with van der Waals surface area (Å²) in [5, 5.41) is 5.50. The molecule has 0 aliphatic carbocycles. The summed E-state index contributed by atoms with van der Waals surface area (Å²) in [4.78, 5) is 15.1. The molecule has 0 bridgehead atoms. The molecule has 0 saturated carbocycles. The molecule has 4 N–H and O–H groups in total. The highest BCUT2D eigenvalue weighted by Gasteiger charge is 2.02. The van der Waals surface area contributed by atoms with Crippen molar-refractivity contribution in [1.82, 2.24) is 5.32 Å². The van der Waals surface area contributed by atoms with Crippen molar-refractivity contribution in [2.75, 3.05) is 11.9 Å². The van der Waals surface area contributed by atoms with Gasteiger partial charge in [-0.3, -0.25) is 10.3 Å². The molecule has 1 aromatic carbocycles. The first-order valence-electron chi connectivity index (χ1n) is 6.12. The van der Waals surface area contributed by atoms with Crippen molar-refractivity contribution in [3.05, 3.63) is 29.8 Å². The Kier molecular flexibility index (Phi) is 5.70. The van der Waals surface area contributed by atoms with Crippen LogP contribution in [0.3, 0.4) is 0 Å². The minimum absolute atomic E-state index is 0.383. The van der Waals surface area contributed by atoms with Gasteiger partial charge in [-0.1, -0.05) is 26.0 Å². The number of nitrogens with one attached hydrogen (secondary N) is 2. The molecule has 0 aliphatic rings. The van der Waals surface area contributed by atoms with E-state index < -0.39 is 6.03 Å². The number of benzene rings is 1. The van der Waals surface area contributed by atoms with E-state index in [-0.39, 0.29) is 0 Å². The Morgan fingerprint density at radius 1 is 1.28 bits per heavy atom. The van der Waals surface area contributed by atoms with E-state index in [2.05, 4.69) is 22.5 Å². The summed E-state index contributed by atoms with van der Waals surface area (Å²) < 4.78 is 0. The van der Waals surface area contributed by atoms with E-state index in [1.54, 1.807) is 0 Å². The van der Waals surface area contributed by atoms with Crippen LogP contribution in [0, 0.1) is 0 Å². The average Bonchev–Trinajstić information content (AvgIpc) is 2.36. The van der Waals surface area contributed by atoms with Crippen molar-refractivity contribution in [3.8, 4) is 0 Å². The van der Waals surface area contributed by atoms with Crippen LogP contribution in [0.1, 0.15) is 25.8 Å². The molecule has 1 aromatic rings. The Labute approximate surface area is 107 Å². The van der Waals surface area contributed by atoms with Gasteiger partial charge in [0.25, 0.3) is 0 Å². The number of amides is 2. The first-order chi connectivity index (χ1) is 8.65. The Morgan fingerprint density at radius 2 is 1.94 bits per heavy atom. The predicted octanol–water partition coefficient (Wildman–Crippen LogP) is 2.10. The summed E-state index contributed by atoms with van der Waals surface area (Å²) in [5.41, 5.74) is 7.22. The zero-order valence-electron chi connectivity index (χ0n) is 10.9. The lowest BCUT2D eigenvalue weighted by atomic mass is 10.1. The van der Waals surface area contributed by atoms with Crippen LogP contribution in [0.5, 0.6) is 0 Å². The monoisotopic (exact) mass is 248 g/mol. The summed E-state index contributed by atoms with van der Waals surface area (Å²) in [6.07, 6.45) is 1.90. The highest BCUT2D eigenvalue weighted by molar-refractivity contribution is 6.03. The number of primary amides is 1. The highest BCUT2D eigenvalue weighted by atomic mass is 16.2. The number of hydrogen-bond acceptors (Lipinski definition) is 2. The van der Waals surface area contributed by atoms with Crippen molar-refractivity contribution in [3.63, 3.8) is 0 Å². The number of anilines is 1. The molecule has 0 fully saturated rings. The molecule has 5 nitrogen and oxygen atoms in total. The Morgan fingerprint density at radius 3 is 2.44 bits per heavy atom. The number of aryl methyl sites for hydroxylation is 1. The normalized spacial score (nSPS) is 11.1. The fourth-order valence-electron chi connectivity index (χ4n) is 1.41. The van der Waals surface area contributed by atoms with E-state index in [1.807, 2.05) is 31.2 Å². The minimum Gasteiger partial charge on any atom is -0.351 e. The zero-order valence-corrected chi connectivity index (χ0v) is 10.9. The van der Waals surface area contributed by atoms with Gasteiger partial charge in [-0.2, -0.15) is 0 Å². The fraction of sp³-hybridized carbons (Fsp3) is 0.385. The number of urea groups is 1. The number of hydrogen-bond donors (Lipinski definition) is 3. The predicted molar refractivity (Wildman–Crippen MR) is 74.8 cm³/mol. The molecule has 0 aliphatic heterocycles. The van der Waals surface area contributed by atoms with Crippen molar-refractivity contribution in [1.29, 1.82) is 0 Å². The van der Waals surface area contributed by atoms with E-state index in [0.29, 0.717) is 12.5 Å². The molecule has 0 radical (unpaired) electrons. The van der Waals surface area contributed by atoms with E-state index in [0.717, 1.165) is 18.5 Å². The van der Waals surface area contributed by atoms with Crippen LogP contribution in [0.2, 0.25) is 0 Å². The van der Waals surface area contributed by atoms with Gasteiger partial charge in [0, 0.05) is 12.2 Å². The standard InChI is InChI=1S/C13H20N4O/c1-3-9-15-13(17-12(14)18)16-11-7-5-10(4-2)6-8-11/h5-8H,3-4,9H2,1-2H3,(H4,14,15,16,17,18). The van der Waals surface area contributed by atoms with Gasteiger partial charge >= 0.3 is 6.03 Å². The maximum absolute atomic E-state index is 10.9. The zero-order chi connectivity index (χ0) is 13.4. The molecule has 18 heavy (non-hydrogen) atoms. The molecule has 0 spiro atoms. The second-order valence-electron chi connectivity index (χ2n) is 3.90. The van der Waals surface area contributed by atoms with Crippen LogP contribution < -0.4 is 16.4 Å². The Bertz CT molecular complexity index is 412. The first-order valence-corrected chi connectivity index (χ1v) is 6.12. The van der Waals surface area contributed by atoms with Gasteiger partial charge in [-0.25, -0.2) is 4.79 Å². The average molecular weight is 248 g/mol. The summed E-state index contributed by atoms with van der Waals surface area (Å²) in [5.74, 6) is 0.383. The summed E-state index contributed by atoms with van der Waals surface area (Å²) >= 11 is 0. The number of carbonyl (C=O) groups is 1. The second kappa shape index (κ2) is 7.32. The van der Waals surface area contributed by atoms with Gasteiger partial charge in [0.05, 0.1) is 0 Å². The van der Waals surface area contributed by atoms with Gasteiger partial charge in [0.2, 0.25) is 5.96 Å². The molecular formula is C13H20N4O. The van der Waals surface area contributed by atoms with Crippen molar-refractivity contribution >= 4 is 17.7 Å². The molecular weight excluding hydrogens is 228 g/mol. The van der Waals surface area contributed by atoms with E-state index >= 15 is 0 Å². The summed E-state index contributed by atoms with van der Waals surface area (Å²) in [7, 11) is 0. The van der Waals surface area contributed by atoms with E-state index in [9.17, 15) is 4.79 Å². The van der Waals surface area contributed by atoms with Crippen molar-refractivity contribution in [2.24, 2.45) is 10.7 Å². The molecule has 0 atom stereocenters. The number of nitrogens with zero attached hydrogens (tertiary/aromatic N) is 1. The van der Waals surface area contributed by atoms with Gasteiger partial charge in [-0.15, -0.1) is 0 Å². The molecule has 2 amide bonds. The number of carbonyl (C=O) groups excluding carboxylic acids is 1. The number of aliphatic imine (C=N–C) groups is 1. The third kappa shape index (κ3) is 4.86. The Hall–Kier alpha value is -2.04. The van der Waals surface area contributed by atoms with Crippen LogP contribution >= 0.6 is 0 Å².